The van der Waals surface area contributed by atoms with Crippen LogP contribution in [-0.4, -0.2) is 12.5 Å². The summed E-state index contributed by atoms with van der Waals surface area (Å²) in [4.78, 5) is 12.3. The van der Waals surface area contributed by atoms with Crippen molar-refractivity contribution in [1.82, 2.24) is 5.32 Å². The van der Waals surface area contributed by atoms with Gasteiger partial charge in [-0.3, -0.25) is 4.79 Å². The standard InChI is InChI=1S/C20H19ClN2O/c1-14(15-9-11-17(21)12-10-15)22-13-20(24)23-19-8-4-6-16-5-2-3-7-18(16)19/h2-12,14,22H,13H2,1H3,(H,23,24)/t14-/m1/s1. The summed E-state index contributed by atoms with van der Waals surface area (Å²) >= 11 is 5.90. The molecule has 3 rings (SSSR count). The van der Waals surface area contributed by atoms with E-state index < -0.39 is 0 Å². The number of hydrogen-bond acceptors (Lipinski definition) is 2. The first-order valence-electron chi connectivity index (χ1n) is 7.90. The minimum absolute atomic E-state index is 0.0628. The van der Waals surface area contributed by atoms with Crippen molar-refractivity contribution in [2.24, 2.45) is 0 Å². The first-order chi connectivity index (χ1) is 11.6. The zero-order valence-corrected chi connectivity index (χ0v) is 14.2. The van der Waals surface area contributed by atoms with E-state index in [9.17, 15) is 4.79 Å². The number of carbonyl (C=O) groups is 1. The SMILES string of the molecule is C[C@@H](NCC(=O)Nc1cccc2ccccc12)c1ccc(Cl)cc1. The Morgan fingerprint density at radius 1 is 1.00 bits per heavy atom. The van der Waals surface area contributed by atoms with E-state index in [1.165, 1.54) is 0 Å². The van der Waals surface area contributed by atoms with Crippen LogP contribution < -0.4 is 10.6 Å². The summed E-state index contributed by atoms with van der Waals surface area (Å²) in [5.74, 6) is -0.0628. The van der Waals surface area contributed by atoms with Gasteiger partial charge in [-0.2, -0.15) is 0 Å². The number of rotatable bonds is 5. The molecule has 3 aromatic rings. The van der Waals surface area contributed by atoms with E-state index in [-0.39, 0.29) is 18.5 Å². The van der Waals surface area contributed by atoms with Crippen LogP contribution in [0.2, 0.25) is 5.02 Å². The van der Waals surface area contributed by atoms with Gasteiger partial charge in [0.1, 0.15) is 0 Å². The average molecular weight is 339 g/mol. The fourth-order valence-corrected chi connectivity index (χ4v) is 2.77. The summed E-state index contributed by atoms with van der Waals surface area (Å²) in [6, 6.07) is 21.6. The van der Waals surface area contributed by atoms with Gasteiger partial charge >= 0.3 is 0 Å². The van der Waals surface area contributed by atoms with Gasteiger partial charge in [0.25, 0.3) is 0 Å². The van der Waals surface area contributed by atoms with E-state index in [2.05, 4.69) is 10.6 Å². The smallest absolute Gasteiger partial charge is 0.238 e. The van der Waals surface area contributed by atoms with Crippen molar-refractivity contribution >= 4 is 34.0 Å². The van der Waals surface area contributed by atoms with E-state index in [1.54, 1.807) is 0 Å². The van der Waals surface area contributed by atoms with Crippen LogP contribution in [0.5, 0.6) is 0 Å². The molecule has 1 atom stereocenters. The molecule has 4 heteroatoms. The Balaban J connectivity index is 1.62. The van der Waals surface area contributed by atoms with Gasteiger partial charge in [0, 0.05) is 22.1 Å². The number of carbonyl (C=O) groups excluding carboxylic acids is 1. The topological polar surface area (TPSA) is 41.1 Å². The highest BCUT2D eigenvalue weighted by atomic mass is 35.5. The highest BCUT2D eigenvalue weighted by Gasteiger charge is 2.09. The quantitative estimate of drug-likeness (QED) is 0.702. The van der Waals surface area contributed by atoms with Crippen molar-refractivity contribution in [2.45, 2.75) is 13.0 Å². The molecule has 0 saturated carbocycles. The fraction of sp³-hybridized carbons (Fsp3) is 0.150. The third kappa shape index (κ3) is 3.94. The molecule has 122 valence electrons. The second-order valence-corrected chi connectivity index (χ2v) is 6.17. The van der Waals surface area contributed by atoms with E-state index in [0.29, 0.717) is 5.02 Å². The molecule has 3 aromatic carbocycles. The summed E-state index contributed by atoms with van der Waals surface area (Å²) < 4.78 is 0. The molecule has 24 heavy (non-hydrogen) atoms. The molecule has 0 aromatic heterocycles. The van der Waals surface area contributed by atoms with Gasteiger partial charge in [0.2, 0.25) is 5.91 Å². The number of fused-ring (bicyclic) bond motifs is 1. The predicted octanol–water partition coefficient (Wildman–Crippen LogP) is 4.78. The molecule has 0 bridgehead atoms. The number of nitrogens with one attached hydrogen (secondary N) is 2. The van der Waals surface area contributed by atoms with Crippen molar-refractivity contribution in [1.29, 1.82) is 0 Å². The third-order valence-electron chi connectivity index (χ3n) is 4.00. The Morgan fingerprint density at radius 3 is 2.50 bits per heavy atom. The second-order valence-electron chi connectivity index (χ2n) is 5.73. The molecule has 0 radical (unpaired) electrons. The van der Waals surface area contributed by atoms with Crippen LogP contribution in [0.25, 0.3) is 10.8 Å². The van der Waals surface area contributed by atoms with Crippen molar-refractivity contribution in [3.05, 3.63) is 77.3 Å². The Labute approximate surface area is 146 Å². The number of amides is 1. The zero-order chi connectivity index (χ0) is 16.9. The van der Waals surface area contributed by atoms with E-state index in [0.717, 1.165) is 22.0 Å². The van der Waals surface area contributed by atoms with Crippen LogP contribution in [0.15, 0.2) is 66.7 Å². The molecule has 0 aliphatic heterocycles. The molecule has 2 N–H and O–H groups in total. The van der Waals surface area contributed by atoms with E-state index in [4.69, 9.17) is 11.6 Å². The summed E-state index contributed by atoms with van der Waals surface area (Å²) in [5, 5.41) is 9.07. The minimum atomic E-state index is -0.0628. The van der Waals surface area contributed by atoms with Gasteiger partial charge in [0.15, 0.2) is 0 Å². The minimum Gasteiger partial charge on any atom is -0.324 e. The summed E-state index contributed by atoms with van der Waals surface area (Å²) in [6.45, 7) is 2.27. The van der Waals surface area contributed by atoms with Crippen LogP contribution in [0, 0.1) is 0 Å². The van der Waals surface area contributed by atoms with Gasteiger partial charge in [-0.25, -0.2) is 0 Å². The maximum atomic E-state index is 12.3. The van der Waals surface area contributed by atoms with Crippen LogP contribution >= 0.6 is 11.6 Å². The van der Waals surface area contributed by atoms with Crippen LogP contribution in [0.1, 0.15) is 18.5 Å². The molecule has 0 aliphatic rings. The number of halogens is 1. The van der Waals surface area contributed by atoms with Crippen LogP contribution in [-0.2, 0) is 4.79 Å². The zero-order valence-electron chi connectivity index (χ0n) is 13.4. The van der Waals surface area contributed by atoms with Crippen LogP contribution in [0.3, 0.4) is 0 Å². The second kappa shape index (κ2) is 7.47. The van der Waals surface area contributed by atoms with Crippen LogP contribution in [0.4, 0.5) is 5.69 Å². The largest absolute Gasteiger partial charge is 0.324 e. The molecular formula is C20H19ClN2O. The Kier molecular flexibility index (Phi) is 5.14. The molecule has 0 saturated heterocycles. The van der Waals surface area contributed by atoms with Crippen molar-refractivity contribution in [3.8, 4) is 0 Å². The van der Waals surface area contributed by atoms with E-state index >= 15 is 0 Å². The molecule has 0 aliphatic carbocycles. The molecule has 0 spiro atoms. The summed E-state index contributed by atoms with van der Waals surface area (Å²) in [6.07, 6.45) is 0. The van der Waals surface area contributed by atoms with Crippen molar-refractivity contribution in [3.63, 3.8) is 0 Å². The Bertz CT molecular complexity index is 840. The molecular weight excluding hydrogens is 320 g/mol. The average Bonchev–Trinajstić information content (AvgIpc) is 2.61. The highest BCUT2D eigenvalue weighted by molar-refractivity contribution is 6.30. The predicted molar refractivity (Wildman–Crippen MR) is 100 cm³/mol. The molecule has 0 heterocycles. The Morgan fingerprint density at radius 2 is 1.71 bits per heavy atom. The maximum Gasteiger partial charge on any atom is 0.238 e. The number of benzene rings is 3. The lowest BCUT2D eigenvalue weighted by Crippen LogP contribution is -2.30. The first kappa shape index (κ1) is 16.5. The molecule has 0 fully saturated rings. The van der Waals surface area contributed by atoms with Crippen molar-refractivity contribution < 1.29 is 4.79 Å². The summed E-state index contributed by atoms with van der Waals surface area (Å²) in [7, 11) is 0. The lowest BCUT2D eigenvalue weighted by atomic mass is 10.1. The fourth-order valence-electron chi connectivity index (χ4n) is 2.64. The third-order valence-corrected chi connectivity index (χ3v) is 4.25. The number of hydrogen-bond donors (Lipinski definition) is 2. The van der Waals surface area contributed by atoms with Gasteiger partial charge in [-0.1, -0.05) is 60.1 Å². The highest BCUT2D eigenvalue weighted by Crippen LogP contribution is 2.22. The summed E-state index contributed by atoms with van der Waals surface area (Å²) in [5.41, 5.74) is 1.93. The molecule has 0 unspecified atom stereocenters. The lowest BCUT2D eigenvalue weighted by Gasteiger charge is -2.15. The van der Waals surface area contributed by atoms with E-state index in [1.807, 2.05) is 73.7 Å². The lowest BCUT2D eigenvalue weighted by molar-refractivity contribution is -0.115. The first-order valence-corrected chi connectivity index (χ1v) is 8.28. The van der Waals surface area contributed by atoms with Gasteiger partial charge in [-0.05, 0) is 36.1 Å². The van der Waals surface area contributed by atoms with Crippen molar-refractivity contribution in [2.75, 3.05) is 11.9 Å². The monoisotopic (exact) mass is 338 g/mol. The van der Waals surface area contributed by atoms with Gasteiger partial charge in [0.05, 0.1) is 6.54 Å². The number of anilines is 1. The van der Waals surface area contributed by atoms with Gasteiger partial charge in [-0.15, -0.1) is 0 Å². The maximum absolute atomic E-state index is 12.3. The molecule has 1 amide bonds. The normalized spacial score (nSPS) is 12.1. The van der Waals surface area contributed by atoms with Gasteiger partial charge < -0.3 is 10.6 Å². The molecule has 3 nitrogen and oxygen atoms in total. The Hall–Kier alpha value is -2.36.